The van der Waals surface area contributed by atoms with E-state index in [1.165, 1.54) is 12.1 Å². The van der Waals surface area contributed by atoms with E-state index in [1.54, 1.807) is 24.3 Å². The molecular formula is C22H21FN4O2. The number of nitrogens with one attached hydrogen (secondary N) is 1. The minimum Gasteiger partial charge on any atom is -0.381 e. The third kappa shape index (κ3) is 4.78. The number of carbonyl (C=O) groups is 1. The number of carbonyl (C=O) groups excluding carboxylic acids is 1. The van der Waals surface area contributed by atoms with Crippen LogP contribution < -0.4 is 11.1 Å². The summed E-state index contributed by atoms with van der Waals surface area (Å²) in [4.78, 5) is 12.6. The van der Waals surface area contributed by atoms with Crippen molar-refractivity contribution in [2.45, 2.75) is 30.8 Å². The predicted octanol–water partition coefficient (Wildman–Crippen LogP) is 2.42. The van der Waals surface area contributed by atoms with E-state index in [2.05, 4.69) is 17.5 Å². The Morgan fingerprint density at radius 2 is 1.83 bits per heavy atom. The number of rotatable bonds is 5. The number of amides is 1. The van der Waals surface area contributed by atoms with E-state index >= 15 is 0 Å². The van der Waals surface area contributed by atoms with Gasteiger partial charge in [-0.3, -0.25) is 4.79 Å². The molecule has 148 valence electrons. The fraction of sp³-hybridized carbons (Fsp3) is 0.318. The zero-order chi connectivity index (χ0) is 20.9. The zero-order valence-electron chi connectivity index (χ0n) is 15.8. The molecule has 1 saturated heterocycles. The summed E-state index contributed by atoms with van der Waals surface area (Å²) in [6, 6.07) is 14.6. The largest absolute Gasteiger partial charge is 0.381 e. The van der Waals surface area contributed by atoms with Gasteiger partial charge in [0, 0.05) is 19.6 Å². The second-order valence-electron chi connectivity index (χ2n) is 7.12. The predicted molar refractivity (Wildman–Crippen MR) is 105 cm³/mol. The summed E-state index contributed by atoms with van der Waals surface area (Å²) in [5, 5.41) is 21.7. The Hall–Kier alpha value is -3.26. The highest BCUT2D eigenvalue weighted by atomic mass is 19.1. The van der Waals surface area contributed by atoms with Crippen LogP contribution in [0.15, 0.2) is 42.5 Å². The van der Waals surface area contributed by atoms with Crippen LogP contribution in [-0.2, 0) is 16.0 Å². The molecule has 1 atom stereocenters. The first-order chi connectivity index (χ1) is 13.9. The smallest absolute Gasteiger partial charge is 0.241 e. The van der Waals surface area contributed by atoms with Crippen molar-refractivity contribution < 1.29 is 13.9 Å². The molecule has 2 aromatic carbocycles. The van der Waals surface area contributed by atoms with Gasteiger partial charge in [0.05, 0.1) is 23.2 Å². The number of hydrogen-bond donors (Lipinski definition) is 2. The van der Waals surface area contributed by atoms with Gasteiger partial charge in [-0.1, -0.05) is 24.3 Å². The Morgan fingerprint density at radius 1 is 1.17 bits per heavy atom. The summed E-state index contributed by atoms with van der Waals surface area (Å²) in [6.45, 7) is 0.815. The van der Waals surface area contributed by atoms with Gasteiger partial charge < -0.3 is 15.8 Å². The second kappa shape index (κ2) is 8.83. The molecule has 7 heteroatoms. The molecule has 3 rings (SSSR count). The van der Waals surface area contributed by atoms with Crippen LogP contribution in [0.4, 0.5) is 4.39 Å². The first-order valence-corrected chi connectivity index (χ1v) is 9.31. The lowest BCUT2D eigenvalue weighted by atomic mass is 9.89. The molecule has 1 amide bonds. The SMILES string of the molecule is N#Cc1cc(-c2ccc(F)cc2)ccc1C[C@@H](C#N)NC(=O)C1(N)CCOCC1. The zero-order valence-corrected chi connectivity index (χ0v) is 15.8. The Kier molecular flexibility index (Phi) is 6.23. The van der Waals surface area contributed by atoms with E-state index in [0.717, 1.165) is 11.1 Å². The topological polar surface area (TPSA) is 112 Å². The van der Waals surface area contributed by atoms with Crippen molar-refractivity contribution in [1.29, 1.82) is 10.5 Å². The van der Waals surface area contributed by atoms with E-state index < -0.39 is 11.6 Å². The third-order valence-corrected chi connectivity index (χ3v) is 5.13. The summed E-state index contributed by atoms with van der Waals surface area (Å²) < 4.78 is 18.4. The lowest BCUT2D eigenvalue weighted by Crippen LogP contribution is -2.58. The summed E-state index contributed by atoms with van der Waals surface area (Å²) in [6.07, 6.45) is 0.973. The lowest BCUT2D eigenvalue weighted by molar-refractivity contribution is -0.130. The Bertz CT molecular complexity index is 970. The van der Waals surface area contributed by atoms with Crippen molar-refractivity contribution in [2.75, 3.05) is 13.2 Å². The van der Waals surface area contributed by atoms with Crippen LogP contribution in [-0.4, -0.2) is 30.7 Å². The van der Waals surface area contributed by atoms with Crippen LogP contribution in [0.2, 0.25) is 0 Å². The Labute approximate surface area is 168 Å². The lowest BCUT2D eigenvalue weighted by Gasteiger charge is -2.32. The fourth-order valence-corrected chi connectivity index (χ4v) is 3.29. The van der Waals surface area contributed by atoms with Crippen LogP contribution >= 0.6 is 0 Å². The molecule has 0 spiro atoms. The number of hydrogen-bond acceptors (Lipinski definition) is 5. The Morgan fingerprint density at radius 3 is 2.45 bits per heavy atom. The minimum atomic E-state index is -1.04. The van der Waals surface area contributed by atoms with Crippen LogP contribution in [0.3, 0.4) is 0 Å². The summed E-state index contributed by atoms with van der Waals surface area (Å²) in [7, 11) is 0. The summed E-state index contributed by atoms with van der Waals surface area (Å²) in [5.41, 5.74) is 7.72. The van der Waals surface area contributed by atoms with Crippen molar-refractivity contribution in [3.05, 3.63) is 59.4 Å². The highest BCUT2D eigenvalue weighted by Crippen LogP contribution is 2.24. The van der Waals surface area contributed by atoms with Crippen molar-refractivity contribution in [3.8, 4) is 23.3 Å². The maximum Gasteiger partial charge on any atom is 0.241 e. The molecule has 2 aromatic rings. The Balaban J connectivity index is 1.75. The van der Waals surface area contributed by atoms with Crippen molar-refractivity contribution in [2.24, 2.45) is 5.73 Å². The van der Waals surface area contributed by atoms with Gasteiger partial charge in [0.15, 0.2) is 0 Å². The van der Waals surface area contributed by atoms with E-state index in [1.807, 2.05) is 6.07 Å². The number of ether oxygens (including phenoxy) is 1. The molecule has 0 radical (unpaired) electrons. The molecule has 3 N–H and O–H groups in total. The van der Waals surface area contributed by atoms with Crippen molar-refractivity contribution in [1.82, 2.24) is 5.32 Å². The highest BCUT2D eigenvalue weighted by Gasteiger charge is 2.36. The molecule has 6 nitrogen and oxygen atoms in total. The van der Waals surface area contributed by atoms with Crippen LogP contribution in [0.1, 0.15) is 24.0 Å². The van der Waals surface area contributed by atoms with Crippen molar-refractivity contribution in [3.63, 3.8) is 0 Å². The molecule has 1 fully saturated rings. The number of nitrogens with zero attached hydrogens (tertiary/aromatic N) is 2. The van der Waals surface area contributed by atoms with Gasteiger partial charge in [-0.05, 0) is 47.7 Å². The normalized spacial score (nSPS) is 16.3. The van der Waals surface area contributed by atoms with Crippen LogP contribution in [0, 0.1) is 28.5 Å². The quantitative estimate of drug-likeness (QED) is 0.812. The highest BCUT2D eigenvalue weighted by molar-refractivity contribution is 5.86. The van der Waals surface area contributed by atoms with Gasteiger partial charge in [0.25, 0.3) is 0 Å². The van der Waals surface area contributed by atoms with Gasteiger partial charge >= 0.3 is 0 Å². The first kappa shape index (κ1) is 20.5. The van der Waals surface area contributed by atoms with E-state index in [4.69, 9.17) is 10.5 Å². The molecule has 0 aliphatic carbocycles. The number of nitrogens with two attached hydrogens (primary N) is 1. The van der Waals surface area contributed by atoms with E-state index in [-0.39, 0.29) is 18.1 Å². The average Bonchev–Trinajstić information content (AvgIpc) is 2.74. The number of benzene rings is 2. The number of halogens is 1. The molecule has 29 heavy (non-hydrogen) atoms. The summed E-state index contributed by atoms with van der Waals surface area (Å²) in [5.74, 6) is -0.713. The monoisotopic (exact) mass is 392 g/mol. The van der Waals surface area contributed by atoms with E-state index in [9.17, 15) is 19.7 Å². The van der Waals surface area contributed by atoms with Gasteiger partial charge in [0.1, 0.15) is 11.9 Å². The number of nitriles is 2. The molecule has 0 bridgehead atoms. The third-order valence-electron chi connectivity index (χ3n) is 5.13. The van der Waals surface area contributed by atoms with Crippen molar-refractivity contribution >= 4 is 5.91 Å². The van der Waals surface area contributed by atoms with Crippen LogP contribution in [0.5, 0.6) is 0 Å². The maximum atomic E-state index is 13.1. The minimum absolute atomic E-state index is 0.182. The molecule has 0 aromatic heterocycles. The molecule has 0 saturated carbocycles. The molecular weight excluding hydrogens is 371 g/mol. The molecule has 0 unspecified atom stereocenters. The standard InChI is InChI=1S/C22H21FN4O2/c23-19-5-3-15(4-6-19)16-1-2-17(18(11-16)13-24)12-20(14-25)27-21(28)22(26)7-9-29-10-8-22/h1-6,11,20H,7-10,12,26H2,(H,27,28)/t20-/m0/s1. The summed E-state index contributed by atoms with van der Waals surface area (Å²) >= 11 is 0. The fourth-order valence-electron chi connectivity index (χ4n) is 3.29. The molecule has 1 aliphatic rings. The van der Waals surface area contributed by atoms with E-state index in [0.29, 0.717) is 37.2 Å². The first-order valence-electron chi connectivity index (χ1n) is 9.31. The maximum absolute atomic E-state index is 13.1. The van der Waals surface area contributed by atoms with Gasteiger partial charge in [-0.25, -0.2) is 4.39 Å². The average molecular weight is 392 g/mol. The van der Waals surface area contributed by atoms with Crippen LogP contribution in [0.25, 0.3) is 11.1 Å². The van der Waals surface area contributed by atoms with Gasteiger partial charge in [-0.2, -0.15) is 10.5 Å². The van der Waals surface area contributed by atoms with Gasteiger partial charge in [-0.15, -0.1) is 0 Å². The molecule has 1 heterocycles. The molecule has 1 aliphatic heterocycles. The second-order valence-corrected chi connectivity index (χ2v) is 7.12. The van der Waals surface area contributed by atoms with Gasteiger partial charge in [0.2, 0.25) is 5.91 Å².